The van der Waals surface area contributed by atoms with Crippen LogP contribution in [0.2, 0.25) is 0 Å². The minimum Gasteiger partial charge on any atom is -0.383 e. The first-order valence-corrected chi connectivity index (χ1v) is 6.87. The molecule has 0 aliphatic rings. The lowest BCUT2D eigenvalue weighted by molar-refractivity contribution is 0.199. The Morgan fingerprint density at radius 2 is 2.39 bits per heavy atom. The first-order valence-electron chi connectivity index (χ1n) is 5.99. The smallest absolute Gasteiger partial charge is 0.141 e. The van der Waals surface area contributed by atoms with Crippen molar-refractivity contribution in [1.29, 1.82) is 0 Å². The molecule has 2 aromatic heterocycles. The highest BCUT2D eigenvalue weighted by Crippen LogP contribution is 2.23. The number of hydrogen-bond acceptors (Lipinski definition) is 5. The summed E-state index contributed by atoms with van der Waals surface area (Å²) in [5.41, 5.74) is 2.15. The fraction of sp³-hybridized carbons (Fsp3) is 0.500. The standard InChI is InChI=1S/C12H18N4OS/c1-3-16-9-14-7-11(16)12-15-10(8-18-12)6-13-4-5-17-2/h7-9,13H,3-6H2,1-2H3. The highest BCUT2D eigenvalue weighted by molar-refractivity contribution is 7.13. The van der Waals surface area contributed by atoms with Gasteiger partial charge in [0.15, 0.2) is 0 Å². The van der Waals surface area contributed by atoms with Crippen molar-refractivity contribution in [1.82, 2.24) is 19.9 Å². The Labute approximate surface area is 111 Å². The van der Waals surface area contributed by atoms with Crippen molar-refractivity contribution in [2.24, 2.45) is 0 Å². The van der Waals surface area contributed by atoms with Gasteiger partial charge in [0.2, 0.25) is 0 Å². The summed E-state index contributed by atoms with van der Waals surface area (Å²) >= 11 is 1.66. The summed E-state index contributed by atoms with van der Waals surface area (Å²) in [7, 11) is 1.70. The van der Waals surface area contributed by atoms with Crippen LogP contribution in [0, 0.1) is 0 Å². The average molecular weight is 266 g/mol. The van der Waals surface area contributed by atoms with E-state index >= 15 is 0 Å². The van der Waals surface area contributed by atoms with E-state index in [0.717, 1.165) is 42.6 Å². The number of imidazole rings is 1. The molecule has 0 amide bonds. The van der Waals surface area contributed by atoms with Crippen molar-refractivity contribution < 1.29 is 4.74 Å². The lowest BCUT2D eigenvalue weighted by Gasteiger charge is -2.01. The van der Waals surface area contributed by atoms with E-state index in [-0.39, 0.29) is 0 Å². The van der Waals surface area contributed by atoms with Crippen molar-refractivity contribution in [2.45, 2.75) is 20.0 Å². The maximum absolute atomic E-state index is 4.98. The number of nitrogens with zero attached hydrogens (tertiary/aromatic N) is 3. The fourth-order valence-corrected chi connectivity index (χ4v) is 2.49. The molecule has 0 radical (unpaired) electrons. The number of thiazole rings is 1. The van der Waals surface area contributed by atoms with Crippen LogP contribution in [0.1, 0.15) is 12.6 Å². The van der Waals surface area contributed by atoms with E-state index in [4.69, 9.17) is 4.74 Å². The molecule has 0 aliphatic heterocycles. The zero-order valence-corrected chi connectivity index (χ0v) is 11.5. The van der Waals surface area contributed by atoms with Gasteiger partial charge in [-0.05, 0) is 6.92 Å². The zero-order valence-electron chi connectivity index (χ0n) is 10.7. The summed E-state index contributed by atoms with van der Waals surface area (Å²) in [6.07, 6.45) is 3.71. The molecule has 2 rings (SSSR count). The van der Waals surface area contributed by atoms with Crippen LogP contribution in [0.15, 0.2) is 17.9 Å². The number of nitrogens with one attached hydrogen (secondary N) is 1. The number of aromatic nitrogens is 3. The van der Waals surface area contributed by atoms with Gasteiger partial charge in [-0.1, -0.05) is 0 Å². The molecule has 1 N–H and O–H groups in total. The number of rotatable bonds is 7. The highest BCUT2D eigenvalue weighted by atomic mass is 32.1. The second kappa shape index (κ2) is 6.63. The summed E-state index contributed by atoms with van der Waals surface area (Å²) in [6.45, 7) is 5.36. The lowest BCUT2D eigenvalue weighted by atomic mass is 10.4. The van der Waals surface area contributed by atoms with Crippen molar-refractivity contribution in [2.75, 3.05) is 20.3 Å². The van der Waals surface area contributed by atoms with Crippen LogP contribution in [0.5, 0.6) is 0 Å². The number of ether oxygens (including phenoxy) is 1. The van der Waals surface area contributed by atoms with E-state index in [1.807, 2.05) is 12.5 Å². The molecule has 5 nitrogen and oxygen atoms in total. The Bertz CT molecular complexity index is 480. The molecule has 0 fully saturated rings. The van der Waals surface area contributed by atoms with Gasteiger partial charge in [-0.15, -0.1) is 11.3 Å². The fourth-order valence-electron chi connectivity index (χ4n) is 1.65. The van der Waals surface area contributed by atoms with E-state index in [1.54, 1.807) is 18.4 Å². The average Bonchev–Trinajstić information content (AvgIpc) is 3.02. The van der Waals surface area contributed by atoms with Crippen LogP contribution < -0.4 is 5.32 Å². The molecule has 2 aromatic rings. The van der Waals surface area contributed by atoms with E-state index < -0.39 is 0 Å². The van der Waals surface area contributed by atoms with E-state index in [0.29, 0.717) is 0 Å². The minimum atomic E-state index is 0.722. The Balaban J connectivity index is 1.97. The molecule has 0 saturated heterocycles. The van der Waals surface area contributed by atoms with Gasteiger partial charge in [0.1, 0.15) is 5.01 Å². The molecule has 6 heteroatoms. The number of aryl methyl sites for hydroxylation is 1. The van der Waals surface area contributed by atoms with Gasteiger partial charge < -0.3 is 14.6 Å². The molecule has 18 heavy (non-hydrogen) atoms. The second-order valence-electron chi connectivity index (χ2n) is 3.88. The molecule has 0 saturated carbocycles. The van der Waals surface area contributed by atoms with Crippen LogP contribution in [-0.4, -0.2) is 34.8 Å². The lowest BCUT2D eigenvalue weighted by Crippen LogP contribution is -2.18. The van der Waals surface area contributed by atoms with Crippen LogP contribution in [0.3, 0.4) is 0 Å². The molecule has 0 atom stereocenters. The molecular weight excluding hydrogens is 248 g/mol. The van der Waals surface area contributed by atoms with Gasteiger partial charge in [-0.25, -0.2) is 9.97 Å². The molecule has 0 unspecified atom stereocenters. The quantitative estimate of drug-likeness (QED) is 0.776. The van der Waals surface area contributed by atoms with Crippen LogP contribution in [0.4, 0.5) is 0 Å². The second-order valence-corrected chi connectivity index (χ2v) is 4.74. The first-order chi connectivity index (χ1) is 8.85. The van der Waals surface area contributed by atoms with E-state index in [9.17, 15) is 0 Å². The van der Waals surface area contributed by atoms with Gasteiger partial charge in [0, 0.05) is 32.1 Å². The predicted octanol–water partition coefficient (Wildman–Crippen LogP) is 1.76. The van der Waals surface area contributed by atoms with Crippen LogP contribution in [-0.2, 0) is 17.8 Å². The van der Waals surface area contributed by atoms with E-state index in [1.165, 1.54) is 0 Å². The predicted molar refractivity (Wildman–Crippen MR) is 72.6 cm³/mol. The Morgan fingerprint density at radius 1 is 1.50 bits per heavy atom. The van der Waals surface area contributed by atoms with Gasteiger partial charge >= 0.3 is 0 Å². The zero-order chi connectivity index (χ0) is 12.8. The molecule has 98 valence electrons. The first kappa shape index (κ1) is 13.2. The van der Waals surface area contributed by atoms with Gasteiger partial charge in [-0.3, -0.25) is 0 Å². The molecule has 2 heterocycles. The van der Waals surface area contributed by atoms with Crippen molar-refractivity contribution in [3.8, 4) is 10.7 Å². The minimum absolute atomic E-state index is 0.722. The third-order valence-electron chi connectivity index (χ3n) is 2.61. The van der Waals surface area contributed by atoms with Crippen molar-refractivity contribution in [3.05, 3.63) is 23.6 Å². The third kappa shape index (κ3) is 3.16. The maximum atomic E-state index is 4.98. The Kier molecular flexibility index (Phi) is 4.86. The van der Waals surface area contributed by atoms with Crippen LogP contribution >= 0.6 is 11.3 Å². The maximum Gasteiger partial charge on any atom is 0.141 e. The summed E-state index contributed by atoms with van der Waals surface area (Å²) in [6, 6.07) is 0. The molecule has 0 aromatic carbocycles. The highest BCUT2D eigenvalue weighted by Gasteiger charge is 2.08. The van der Waals surface area contributed by atoms with Gasteiger partial charge in [0.25, 0.3) is 0 Å². The molecule has 0 spiro atoms. The summed E-state index contributed by atoms with van der Waals surface area (Å²) in [4.78, 5) is 8.78. The molecular formula is C12H18N4OS. The third-order valence-corrected chi connectivity index (χ3v) is 3.53. The summed E-state index contributed by atoms with van der Waals surface area (Å²) in [5, 5.41) is 6.40. The van der Waals surface area contributed by atoms with E-state index in [2.05, 4.69) is 32.2 Å². The topological polar surface area (TPSA) is 52.0 Å². The van der Waals surface area contributed by atoms with Crippen LogP contribution in [0.25, 0.3) is 10.7 Å². The summed E-state index contributed by atoms with van der Waals surface area (Å²) in [5.74, 6) is 0. The Morgan fingerprint density at radius 3 is 3.17 bits per heavy atom. The Hall–Kier alpha value is -1.24. The molecule has 0 bridgehead atoms. The van der Waals surface area contributed by atoms with Crippen molar-refractivity contribution in [3.63, 3.8) is 0 Å². The van der Waals surface area contributed by atoms with Crippen molar-refractivity contribution >= 4 is 11.3 Å². The number of hydrogen-bond donors (Lipinski definition) is 1. The summed E-state index contributed by atoms with van der Waals surface area (Å²) < 4.78 is 7.08. The monoisotopic (exact) mass is 266 g/mol. The van der Waals surface area contributed by atoms with Gasteiger partial charge in [-0.2, -0.15) is 0 Å². The van der Waals surface area contributed by atoms with Gasteiger partial charge in [0.05, 0.1) is 30.5 Å². The SMILES string of the molecule is CCn1cncc1-c1nc(CNCCOC)cs1. The largest absolute Gasteiger partial charge is 0.383 e. The molecule has 0 aliphatic carbocycles. The number of methoxy groups -OCH3 is 1. The normalized spacial score (nSPS) is 11.0.